The van der Waals surface area contributed by atoms with Crippen molar-refractivity contribution in [1.29, 1.82) is 0 Å². The van der Waals surface area contributed by atoms with Crippen LogP contribution in [0.4, 0.5) is 4.79 Å². The molecular formula is C15H25N3O4. The van der Waals surface area contributed by atoms with Gasteiger partial charge in [0, 0.05) is 20.2 Å². The Kier molecular flexibility index (Phi) is 5.39. The minimum atomic E-state index is -1.08. The number of amides is 4. The Hall–Kier alpha value is -1.63. The molecule has 0 aromatic carbocycles. The van der Waals surface area contributed by atoms with Crippen LogP contribution in [0.25, 0.3) is 0 Å². The van der Waals surface area contributed by atoms with Crippen LogP contribution in [0.15, 0.2) is 0 Å². The van der Waals surface area contributed by atoms with Gasteiger partial charge in [0.1, 0.15) is 12.1 Å². The fourth-order valence-corrected chi connectivity index (χ4v) is 3.01. The highest BCUT2D eigenvalue weighted by atomic mass is 16.5. The highest BCUT2D eigenvalue weighted by Crippen LogP contribution is 2.18. The number of carbonyl (C=O) groups is 3. The van der Waals surface area contributed by atoms with E-state index in [9.17, 15) is 14.4 Å². The number of nitrogens with zero attached hydrogens (tertiary/aromatic N) is 2. The fraction of sp³-hybridized carbons (Fsp3) is 0.800. The maximum absolute atomic E-state index is 12.4. The first kappa shape index (κ1) is 16.7. The Morgan fingerprint density at radius 1 is 1.18 bits per heavy atom. The van der Waals surface area contributed by atoms with E-state index in [4.69, 9.17) is 4.74 Å². The van der Waals surface area contributed by atoms with Gasteiger partial charge in [-0.1, -0.05) is 19.3 Å². The number of rotatable bonds is 4. The highest BCUT2D eigenvalue weighted by molar-refractivity contribution is 6.08. The maximum Gasteiger partial charge on any atom is 0.325 e. The lowest BCUT2D eigenvalue weighted by molar-refractivity contribution is -0.139. The molecule has 0 radical (unpaired) electrons. The lowest BCUT2D eigenvalue weighted by atomic mass is 10.0. The first-order chi connectivity index (χ1) is 10.5. The Labute approximate surface area is 131 Å². The van der Waals surface area contributed by atoms with Crippen molar-refractivity contribution in [2.24, 2.45) is 0 Å². The van der Waals surface area contributed by atoms with E-state index in [1.165, 1.54) is 13.5 Å². The number of hydrogen-bond acceptors (Lipinski definition) is 4. The minimum absolute atomic E-state index is 0.0893. The van der Waals surface area contributed by atoms with E-state index in [1.807, 2.05) is 0 Å². The molecule has 2 saturated heterocycles. The van der Waals surface area contributed by atoms with Gasteiger partial charge >= 0.3 is 6.03 Å². The van der Waals surface area contributed by atoms with Crippen molar-refractivity contribution < 1.29 is 19.1 Å². The SMILES string of the molecule is COCC1(C)NC(=O)N(CC(=O)N2CCCCCCC2)C1=O. The van der Waals surface area contributed by atoms with Crippen LogP contribution >= 0.6 is 0 Å². The van der Waals surface area contributed by atoms with Crippen molar-refractivity contribution >= 4 is 17.8 Å². The van der Waals surface area contributed by atoms with E-state index in [2.05, 4.69) is 5.32 Å². The minimum Gasteiger partial charge on any atom is -0.382 e. The normalized spacial score (nSPS) is 26.6. The molecule has 2 heterocycles. The number of hydrogen-bond donors (Lipinski definition) is 1. The molecule has 0 spiro atoms. The number of likely N-dealkylation sites (tertiary alicyclic amines) is 1. The van der Waals surface area contributed by atoms with Crippen molar-refractivity contribution in [3.05, 3.63) is 0 Å². The summed E-state index contributed by atoms with van der Waals surface area (Å²) in [5.41, 5.74) is -1.08. The van der Waals surface area contributed by atoms with Crippen LogP contribution in [0.1, 0.15) is 39.0 Å². The summed E-state index contributed by atoms with van der Waals surface area (Å²) in [6.45, 7) is 2.92. The van der Waals surface area contributed by atoms with Gasteiger partial charge in [0.2, 0.25) is 5.91 Å². The average Bonchev–Trinajstić information content (AvgIpc) is 2.62. The van der Waals surface area contributed by atoms with Crippen LogP contribution in [0.3, 0.4) is 0 Å². The molecule has 2 aliphatic rings. The second-order valence-electron chi connectivity index (χ2n) is 6.24. The van der Waals surface area contributed by atoms with Gasteiger partial charge in [-0.2, -0.15) is 0 Å². The zero-order valence-corrected chi connectivity index (χ0v) is 13.4. The molecular weight excluding hydrogens is 286 g/mol. The van der Waals surface area contributed by atoms with Crippen LogP contribution in [0, 0.1) is 0 Å². The standard InChI is InChI=1S/C15H25N3O4/c1-15(11-22-2)13(20)18(14(21)16-15)10-12(19)17-8-6-4-3-5-7-9-17/h3-11H2,1-2H3,(H,16,21). The lowest BCUT2D eigenvalue weighted by Crippen LogP contribution is -2.49. The molecule has 124 valence electrons. The van der Waals surface area contributed by atoms with Crippen LogP contribution < -0.4 is 5.32 Å². The molecule has 7 nitrogen and oxygen atoms in total. The third-order valence-corrected chi connectivity index (χ3v) is 4.28. The zero-order valence-electron chi connectivity index (χ0n) is 13.4. The predicted octanol–water partition coefficient (Wildman–Crippen LogP) is 0.736. The molecule has 2 rings (SSSR count). The average molecular weight is 311 g/mol. The number of carbonyl (C=O) groups excluding carboxylic acids is 3. The van der Waals surface area contributed by atoms with E-state index in [-0.39, 0.29) is 19.1 Å². The molecule has 2 aliphatic heterocycles. The highest BCUT2D eigenvalue weighted by Gasteiger charge is 2.48. The Bertz CT molecular complexity index is 446. The summed E-state index contributed by atoms with van der Waals surface area (Å²) in [5.74, 6) is -0.563. The first-order valence-electron chi connectivity index (χ1n) is 7.89. The molecule has 0 aromatic rings. The molecule has 2 fully saturated rings. The van der Waals surface area contributed by atoms with Crippen LogP contribution in [-0.4, -0.2) is 66.5 Å². The number of urea groups is 1. The van der Waals surface area contributed by atoms with Crippen molar-refractivity contribution in [3.8, 4) is 0 Å². The predicted molar refractivity (Wildman–Crippen MR) is 80.2 cm³/mol. The van der Waals surface area contributed by atoms with E-state index in [0.29, 0.717) is 13.1 Å². The van der Waals surface area contributed by atoms with Gasteiger partial charge in [-0.3, -0.25) is 14.5 Å². The summed E-state index contributed by atoms with van der Waals surface area (Å²) >= 11 is 0. The van der Waals surface area contributed by atoms with Gasteiger partial charge in [-0.15, -0.1) is 0 Å². The fourth-order valence-electron chi connectivity index (χ4n) is 3.01. The second-order valence-corrected chi connectivity index (χ2v) is 6.24. The number of ether oxygens (including phenoxy) is 1. The third-order valence-electron chi connectivity index (χ3n) is 4.28. The smallest absolute Gasteiger partial charge is 0.325 e. The molecule has 1 atom stereocenters. The van der Waals surface area contributed by atoms with Gasteiger partial charge in [0.25, 0.3) is 5.91 Å². The molecule has 1 N–H and O–H groups in total. The molecule has 7 heteroatoms. The molecule has 0 aliphatic carbocycles. The summed E-state index contributed by atoms with van der Waals surface area (Å²) in [4.78, 5) is 39.5. The molecule has 0 aromatic heterocycles. The van der Waals surface area contributed by atoms with Crippen molar-refractivity contribution in [1.82, 2.24) is 15.1 Å². The van der Waals surface area contributed by atoms with Crippen molar-refractivity contribution in [2.75, 3.05) is 33.4 Å². The monoisotopic (exact) mass is 311 g/mol. The first-order valence-corrected chi connectivity index (χ1v) is 7.89. The Balaban J connectivity index is 1.98. The number of methoxy groups -OCH3 is 1. The van der Waals surface area contributed by atoms with E-state index in [0.717, 1.165) is 30.6 Å². The summed E-state index contributed by atoms with van der Waals surface area (Å²) in [6.07, 6.45) is 5.42. The van der Waals surface area contributed by atoms with E-state index < -0.39 is 17.5 Å². The van der Waals surface area contributed by atoms with Gasteiger partial charge in [-0.05, 0) is 19.8 Å². The maximum atomic E-state index is 12.4. The van der Waals surface area contributed by atoms with Crippen LogP contribution in [0.2, 0.25) is 0 Å². The van der Waals surface area contributed by atoms with Gasteiger partial charge in [0.05, 0.1) is 6.61 Å². The van der Waals surface area contributed by atoms with Crippen LogP contribution in [-0.2, 0) is 14.3 Å². The zero-order chi connectivity index (χ0) is 16.2. The summed E-state index contributed by atoms with van der Waals surface area (Å²) in [5, 5.41) is 2.60. The molecule has 0 bridgehead atoms. The quantitative estimate of drug-likeness (QED) is 0.777. The van der Waals surface area contributed by atoms with Gasteiger partial charge in [0.15, 0.2) is 0 Å². The summed E-state index contributed by atoms with van der Waals surface area (Å²) in [7, 11) is 1.47. The Morgan fingerprint density at radius 2 is 1.77 bits per heavy atom. The van der Waals surface area contributed by atoms with Crippen LogP contribution in [0.5, 0.6) is 0 Å². The van der Waals surface area contributed by atoms with E-state index in [1.54, 1.807) is 11.8 Å². The largest absolute Gasteiger partial charge is 0.382 e. The lowest BCUT2D eigenvalue weighted by Gasteiger charge is -2.26. The molecule has 0 saturated carbocycles. The Morgan fingerprint density at radius 3 is 2.36 bits per heavy atom. The third kappa shape index (κ3) is 3.58. The number of nitrogens with one attached hydrogen (secondary N) is 1. The topological polar surface area (TPSA) is 79.0 Å². The molecule has 1 unspecified atom stereocenters. The molecule has 22 heavy (non-hydrogen) atoms. The summed E-state index contributed by atoms with van der Waals surface area (Å²) in [6, 6.07) is -0.523. The number of imide groups is 1. The van der Waals surface area contributed by atoms with Gasteiger partial charge < -0.3 is 15.0 Å². The van der Waals surface area contributed by atoms with Crippen molar-refractivity contribution in [2.45, 2.75) is 44.6 Å². The molecule has 4 amide bonds. The van der Waals surface area contributed by atoms with Crippen molar-refractivity contribution in [3.63, 3.8) is 0 Å². The van der Waals surface area contributed by atoms with Gasteiger partial charge in [-0.25, -0.2) is 4.79 Å². The second kappa shape index (κ2) is 7.09. The van der Waals surface area contributed by atoms with E-state index >= 15 is 0 Å². The summed E-state index contributed by atoms with van der Waals surface area (Å²) < 4.78 is 4.99.